The second-order valence-electron chi connectivity index (χ2n) is 3.54. The fraction of sp³-hybridized carbons (Fsp3) is 1.00. The van der Waals surface area contributed by atoms with E-state index in [2.05, 4.69) is 0 Å². The summed E-state index contributed by atoms with van der Waals surface area (Å²) in [7, 11) is 0. The molecule has 1 fully saturated rings. The maximum atomic E-state index is 9.19. The standard InChI is InChI=1S/C9H17ClO/c10-7-9(11)6-5-8-3-1-2-4-8/h8-9,11H,1-7H2. The Hall–Kier alpha value is 0.250. The lowest BCUT2D eigenvalue weighted by Crippen LogP contribution is -2.09. The van der Waals surface area contributed by atoms with Crippen LogP contribution in [0.25, 0.3) is 0 Å². The van der Waals surface area contributed by atoms with Crippen molar-refractivity contribution in [3.05, 3.63) is 0 Å². The molecule has 0 aromatic heterocycles. The molecule has 0 aliphatic heterocycles. The van der Waals surface area contributed by atoms with E-state index in [4.69, 9.17) is 11.6 Å². The first-order valence-electron chi connectivity index (χ1n) is 4.57. The molecule has 0 amide bonds. The van der Waals surface area contributed by atoms with Gasteiger partial charge in [0, 0.05) is 5.88 Å². The molecular formula is C9H17ClO. The SMILES string of the molecule is OC(CCl)CCC1CCCC1. The summed E-state index contributed by atoms with van der Waals surface area (Å²) in [6, 6.07) is 0. The number of hydrogen-bond acceptors (Lipinski definition) is 1. The Bertz CT molecular complexity index is 99.7. The van der Waals surface area contributed by atoms with Crippen molar-refractivity contribution in [2.24, 2.45) is 5.92 Å². The number of alkyl halides is 1. The lowest BCUT2D eigenvalue weighted by Gasteiger charge is -2.10. The molecule has 0 spiro atoms. The Kier molecular flexibility index (Phi) is 4.24. The van der Waals surface area contributed by atoms with Gasteiger partial charge in [0.25, 0.3) is 0 Å². The maximum absolute atomic E-state index is 9.19. The van der Waals surface area contributed by atoms with Crippen LogP contribution >= 0.6 is 11.6 Å². The van der Waals surface area contributed by atoms with Gasteiger partial charge in [-0.15, -0.1) is 11.6 Å². The molecule has 1 N–H and O–H groups in total. The van der Waals surface area contributed by atoms with E-state index in [1.807, 2.05) is 0 Å². The molecule has 0 aromatic carbocycles. The Balaban J connectivity index is 2.01. The first kappa shape index (κ1) is 9.34. The van der Waals surface area contributed by atoms with Gasteiger partial charge in [-0.1, -0.05) is 25.7 Å². The van der Waals surface area contributed by atoms with Crippen molar-refractivity contribution in [1.29, 1.82) is 0 Å². The van der Waals surface area contributed by atoms with Gasteiger partial charge < -0.3 is 5.11 Å². The van der Waals surface area contributed by atoms with E-state index < -0.39 is 0 Å². The molecule has 11 heavy (non-hydrogen) atoms. The number of halogens is 1. The van der Waals surface area contributed by atoms with Crippen LogP contribution in [0.5, 0.6) is 0 Å². The summed E-state index contributed by atoms with van der Waals surface area (Å²) in [5.74, 6) is 1.28. The first-order chi connectivity index (χ1) is 5.33. The van der Waals surface area contributed by atoms with Gasteiger partial charge in [0.2, 0.25) is 0 Å². The van der Waals surface area contributed by atoms with Gasteiger partial charge in [0.05, 0.1) is 6.10 Å². The summed E-state index contributed by atoms with van der Waals surface area (Å²) in [6.07, 6.45) is 7.33. The van der Waals surface area contributed by atoms with Crippen LogP contribution in [0.3, 0.4) is 0 Å². The highest BCUT2D eigenvalue weighted by Gasteiger charge is 2.15. The van der Waals surface area contributed by atoms with Crippen LogP contribution in [0, 0.1) is 5.92 Å². The van der Waals surface area contributed by atoms with Gasteiger partial charge in [-0.2, -0.15) is 0 Å². The Labute approximate surface area is 73.8 Å². The Morgan fingerprint density at radius 1 is 1.36 bits per heavy atom. The van der Waals surface area contributed by atoms with Crippen LogP contribution in [-0.2, 0) is 0 Å². The zero-order valence-corrected chi connectivity index (χ0v) is 7.69. The molecule has 1 aliphatic rings. The summed E-state index contributed by atoms with van der Waals surface area (Å²) in [6.45, 7) is 0. The summed E-state index contributed by atoms with van der Waals surface area (Å²) < 4.78 is 0. The summed E-state index contributed by atoms with van der Waals surface area (Å²) >= 11 is 5.49. The van der Waals surface area contributed by atoms with Crippen molar-refractivity contribution >= 4 is 11.6 Å². The van der Waals surface area contributed by atoms with E-state index in [0.717, 1.165) is 12.3 Å². The van der Waals surface area contributed by atoms with Crippen LogP contribution in [0.2, 0.25) is 0 Å². The topological polar surface area (TPSA) is 20.2 Å². The van der Waals surface area contributed by atoms with E-state index in [1.165, 1.54) is 32.1 Å². The van der Waals surface area contributed by atoms with Gasteiger partial charge in [0.1, 0.15) is 0 Å². The van der Waals surface area contributed by atoms with Crippen LogP contribution in [0.1, 0.15) is 38.5 Å². The van der Waals surface area contributed by atoms with E-state index in [1.54, 1.807) is 0 Å². The first-order valence-corrected chi connectivity index (χ1v) is 5.10. The fourth-order valence-electron chi connectivity index (χ4n) is 1.80. The third kappa shape index (κ3) is 3.44. The number of rotatable bonds is 4. The summed E-state index contributed by atoms with van der Waals surface area (Å²) in [4.78, 5) is 0. The zero-order chi connectivity index (χ0) is 8.10. The van der Waals surface area contributed by atoms with Crippen molar-refractivity contribution in [3.63, 3.8) is 0 Å². The average molecular weight is 177 g/mol. The normalized spacial score (nSPS) is 22.4. The predicted octanol–water partition coefficient (Wildman–Crippen LogP) is 2.56. The highest BCUT2D eigenvalue weighted by molar-refractivity contribution is 6.18. The van der Waals surface area contributed by atoms with Gasteiger partial charge in [0.15, 0.2) is 0 Å². The third-order valence-corrected chi connectivity index (χ3v) is 2.92. The lowest BCUT2D eigenvalue weighted by atomic mass is 10.0. The minimum atomic E-state index is -0.266. The van der Waals surface area contributed by atoms with Crippen LogP contribution in [-0.4, -0.2) is 17.1 Å². The van der Waals surface area contributed by atoms with Crippen molar-refractivity contribution in [1.82, 2.24) is 0 Å². The van der Waals surface area contributed by atoms with E-state index in [0.29, 0.717) is 5.88 Å². The molecule has 1 nitrogen and oxygen atoms in total. The highest BCUT2D eigenvalue weighted by atomic mass is 35.5. The molecule has 0 saturated heterocycles. The van der Waals surface area contributed by atoms with E-state index in [9.17, 15) is 5.11 Å². The predicted molar refractivity (Wildman–Crippen MR) is 47.9 cm³/mol. The molecule has 1 atom stereocenters. The second-order valence-corrected chi connectivity index (χ2v) is 3.84. The molecule has 66 valence electrons. The Morgan fingerprint density at radius 2 is 2.00 bits per heavy atom. The average Bonchev–Trinajstić information content (AvgIpc) is 2.52. The third-order valence-electron chi connectivity index (χ3n) is 2.56. The van der Waals surface area contributed by atoms with Crippen molar-refractivity contribution < 1.29 is 5.11 Å². The molecule has 1 unspecified atom stereocenters. The fourth-order valence-corrected chi connectivity index (χ4v) is 1.96. The molecule has 2 heteroatoms. The van der Waals surface area contributed by atoms with Crippen molar-refractivity contribution in [2.75, 3.05) is 5.88 Å². The van der Waals surface area contributed by atoms with Crippen LogP contribution in [0.4, 0.5) is 0 Å². The maximum Gasteiger partial charge on any atom is 0.0675 e. The second kappa shape index (κ2) is 5.00. The van der Waals surface area contributed by atoms with Crippen LogP contribution in [0.15, 0.2) is 0 Å². The molecule has 0 radical (unpaired) electrons. The lowest BCUT2D eigenvalue weighted by molar-refractivity contribution is 0.176. The highest BCUT2D eigenvalue weighted by Crippen LogP contribution is 2.28. The number of aliphatic hydroxyl groups excluding tert-OH is 1. The largest absolute Gasteiger partial charge is 0.392 e. The van der Waals surface area contributed by atoms with Crippen molar-refractivity contribution in [2.45, 2.75) is 44.6 Å². The molecular weight excluding hydrogens is 160 g/mol. The Morgan fingerprint density at radius 3 is 2.55 bits per heavy atom. The molecule has 1 aliphatic carbocycles. The number of aliphatic hydroxyl groups is 1. The monoisotopic (exact) mass is 176 g/mol. The minimum absolute atomic E-state index is 0.266. The quantitative estimate of drug-likeness (QED) is 0.653. The van der Waals surface area contributed by atoms with Gasteiger partial charge in [-0.05, 0) is 18.8 Å². The van der Waals surface area contributed by atoms with Gasteiger partial charge >= 0.3 is 0 Å². The minimum Gasteiger partial charge on any atom is -0.392 e. The zero-order valence-electron chi connectivity index (χ0n) is 6.93. The summed E-state index contributed by atoms with van der Waals surface area (Å²) in [5, 5.41) is 9.19. The van der Waals surface area contributed by atoms with E-state index in [-0.39, 0.29) is 6.10 Å². The van der Waals surface area contributed by atoms with Crippen LogP contribution < -0.4 is 0 Å². The van der Waals surface area contributed by atoms with Gasteiger partial charge in [-0.25, -0.2) is 0 Å². The summed E-state index contributed by atoms with van der Waals surface area (Å²) in [5.41, 5.74) is 0. The van der Waals surface area contributed by atoms with E-state index >= 15 is 0 Å². The molecule has 1 saturated carbocycles. The molecule has 0 bridgehead atoms. The molecule has 0 heterocycles. The smallest absolute Gasteiger partial charge is 0.0675 e. The number of hydrogen-bond donors (Lipinski definition) is 1. The van der Waals surface area contributed by atoms with Crippen molar-refractivity contribution in [3.8, 4) is 0 Å². The molecule has 0 aromatic rings. The molecule has 1 rings (SSSR count). The van der Waals surface area contributed by atoms with Gasteiger partial charge in [-0.3, -0.25) is 0 Å².